The second-order valence-electron chi connectivity index (χ2n) is 7.07. The van der Waals surface area contributed by atoms with Crippen LogP contribution >= 0.6 is 11.3 Å². The molecule has 0 atom stereocenters. The summed E-state index contributed by atoms with van der Waals surface area (Å²) in [5.74, 6) is -1.06. The van der Waals surface area contributed by atoms with E-state index < -0.39 is 11.6 Å². The minimum Gasteiger partial charge on any atom is -0.457 e. The van der Waals surface area contributed by atoms with Crippen molar-refractivity contribution in [3.05, 3.63) is 92.5 Å². The second-order valence-corrected chi connectivity index (χ2v) is 8.02. The van der Waals surface area contributed by atoms with Gasteiger partial charge in [0.15, 0.2) is 0 Å². The molecule has 0 fully saturated rings. The minimum atomic E-state index is -0.598. The van der Waals surface area contributed by atoms with E-state index >= 15 is 0 Å². The third-order valence-corrected chi connectivity index (χ3v) is 5.50. The Balaban J connectivity index is 1.44. The molecule has 4 aromatic rings. The molecule has 0 spiro atoms. The van der Waals surface area contributed by atoms with Crippen LogP contribution < -0.4 is 16.3 Å². The van der Waals surface area contributed by atoms with Crippen molar-refractivity contribution < 1.29 is 23.5 Å². The van der Waals surface area contributed by atoms with Gasteiger partial charge in [-0.15, -0.1) is 11.3 Å². The number of carbonyl (C=O) groups is 3. The number of nitrogens with one attached hydrogen (secondary N) is 2. The number of hydrogen-bond donors (Lipinski definition) is 2. The molecule has 0 aliphatic heterocycles. The van der Waals surface area contributed by atoms with Gasteiger partial charge < -0.3 is 19.8 Å². The number of fused-ring (bicyclic) bond motifs is 1. The van der Waals surface area contributed by atoms with Crippen molar-refractivity contribution in [1.29, 1.82) is 0 Å². The summed E-state index contributed by atoms with van der Waals surface area (Å²) in [5, 5.41) is 7.78. The van der Waals surface area contributed by atoms with Crippen LogP contribution in [0.15, 0.2) is 75.3 Å². The normalized spacial score (nSPS) is 10.6. The zero-order valence-corrected chi connectivity index (χ0v) is 18.2. The van der Waals surface area contributed by atoms with Gasteiger partial charge in [-0.05, 0) is 47.8 Å². The molecule has 33 heavy (non-hydrogen) atoms. The van der Waals surface area contributed by atoms with Crippen LogP contribution in [0.4, 0.5) is 11.4 Å². The molecular weight excluding hydrogens is 444 g/mol. The average Bonchev–Trinajstić information content (AvgIpc) is 3.32. The Morgan fingerprint density at radius 2 is 1.73 bits per heavy atom. The molecule has 0 saturated heterocycles. The number of anilines is 2. The molecule has 0 saturated carbocycles. The molecule has 2 heterocycles. The van der Waals surface area contributed by atoms with E-state index in [1.54, 1.807) is 48.5 Å². The Morgan fingerprint density at radius 3 is 2.42 bits per heavy atom. The highest BCUT2D eigenvalue weighted by Crippen LogP contribution is 2.22. The fourth-order valence-electron chi connectivity index (χ4n) is 3.15. The van der Waals surface area contributed by atoms with Gasteiger partial charge in [-0.1, -0.05) is 6.07 Å². The Hall–Kier alpha value is -4.24. The molecule has 9 heteroatoms. The van der Waals surface area contributed by atoms with E-state index in [1.165, 1.54) is 30.4 Å². The summed E-state index contributed by atoms with van der Waals surface area (Å²) in [6.07, 6.45) is 0. The molecule has 0 unspecified atom stereocenters. The fraction of sp³-hybridized carbons (Fsp3) is 0.0833. The van der Waals surface area contributed by atoms with E-state index in [4.69, 9.17) is 9.15 Å². The Morgan fingerprint density at radius 1 is 0.970 bits per heavy atom. The molecular formula is C24H18N2O6S. The van der Waals surface area contributed by atoms with Crippen molar-refractivity contribution >= 4 is 51.5 Å². The molecule has 4 rings (SSSR count). The molecule has 0 radical (unpaired) electrons. The van der Waals surface area contributed by atoms with Crippen molar-refractivity contribution in [3.8, 4) is 0 Å². The van der Waals surface area contributed by atoms with Crippen molar-refractivity contribution in [1.82, 2.24) is 0 Å². The van der Waals surface area contributed by atoms with E-state index in [0.29, 0.717) is 32.8 Å². The molecule has 2 aromatic heterocycles. The molecule has 8 nitrogen and oxygen atoms in total. The lowest BCUT2D eigenvalue weighted by atomic mass is 10.1. The maximum absolute atomic E-state index is 12.5. The van der Waals surface area contributed by atoms with Gasteiger partial charge in [0.25, 0.3) is 5.91 Å². The molecule has 2 amide bonds. The predicted octanol–water partition coefficient (Wildman–Crippen LogP) is 4.42. The highest BCUT2D eigenvalue weighted by Gasteiger charge is 2.13. The van der Waals surface area contributed by atoms with Crippen LogP contribution in [0.2, 0.25) is 0 Å². The Labute approximate surface area is 191 Å². The Bertz CT molecular complexity index is 1390. The quantitative estimate of drug-likeness (QED) is 0.324. The first kappa shape index (κ1) is 22.0. The third kappa shape index (κ3) is 5.34. The molecule has 2 N–H and O–H groups in total. The summed E-state index contributed by atoms with van der Waals surface area (Å²) in [7, 11) is 0. The standard InChI is InChI=1S/C24H18N2O6S/c1-14(27)25-18-8-9-19-16(11-22(28)32-20(19)12-18)13-31-24(30)15-4-6-17(7-5-15)26-23(29)21-3-2-10-33-21/h2-12H,13H2,1H3,(H,25,27)(H,26,29). The van der Waals surface area contributed by atoms with E-state index in [0.717, 1.165) is 0 Å². The monoisotopic (exact) mass is 462 g/mol. The summed E-state index contributed by atoms with van der Waals surface area (Å²) in [4.78, 5) is 48.4. The van der Waals surface area contributed by atoms with Crippen molar-refractivity contribution in [2.45, 2.75) is 13.5 Å². The SMILES string of the molecule is CC(=O)Nc1ccc2c(COC(=O)c3ccc(NC(=O)c4cccs4)cc3)cc(=O)oc2c1. The smallest absolute Gasteiger partial charge is 0.338 e. The van der Waals surface area contributed by atoms with Crippen LogP contribution in [0.1, 0.15) is 32.5 Å². The number of ether oxygens (including phenoxy) is 1. The van der Waals surface area contributed by atoms with Gasteiger partial charge in [-0.25, -0.2) is 9.59 Å². The van der Waals surface area contributed by atoms with Crippen molar-refractivity contribution in [2.75, 3.05) is 10.6 Å². The summed E-state index contributed by atoms with van der Waals surface area (Å²) >= 11 is 1.33. The second kappa shape index (κ2) is 9.49. The van der Waals surface area contributed by atoms with Crippen LogP contribution in [-0.4, -0.2) is 17.8 Å². The van der Waals surface area contributed by atoms with E-state index in [9.17, 15) is 19.2 Å². The van der Waals surface area contributed by atoms with Gasteiger partial charge in [0.2, 0.25) is 5.91 Å². The molecule has 166 valence electrons. The maximum atomic E-state index is 12.5. The first-order valence-electron chi connectivity index (χ1n) is 9.85. The van der Waals surface area contributed by atoms with Gasteiger partial charge in [-0.2, -0.15) is 0 Å². The summed E-state index contributed by atoms with van der Waals surface area (Å²) in [6.45, 7) is 1.23. The highest BCUT2D eigenvalue weighted by atomic mass is 32.1. The summed E-state index contributed by atoms with van der Waals surface area (Å²) in [5.41, 5.74) is 1.48. The number of carbonyl (C=O) groups excluding carboxylic acids is 3. The van der Waals surface area contributed by atoms with Crippen molar-refractivity contribution in [3.63, 3.8) is 0 Å². The molecule has 0 bridgehead atoms. The van der Waals surface area contributed by atoms with Gasteiger partial charge in [0.05, 0.1) is 10.4 Å². The van der Waals surface area contributed by atoms with E-state index in [-0.39, 0.29) is 24.0 Å². The number of esters is 1. The van der Waals surface area contributed by atoms with Crippen molar-refractivity contribution in [2.24, 2.45) is 0 Å². The zero-order chi connectivity index (χ0) is 23.4. The third-order valence-electron chi connectivity index (χ3n) is 4.63. The van der Waals surface area contributed by atoms with Crippen LogP contribution in [0.3, 0.4) is 0 Å². The number of amides is 2. The van der Waals surface area contributed by atoms with Crippen LogP contribution in [0.25, 0.3) is 11.0 Å². The first-order valence-corrected chi connectivity index (χ1v) is 10.7. The Kier molecular flexibility index (Phi) is 6.32. The maximum Gasteiger partial charge on any atom is 0.338 e. The van der Waals surface area contributed by atoms with Gasteiger partial charge in [-0.3, -0.25) is 9.59 Å². The molecule has 2 aromatic carbocycles. The topological polar surface area (TPSA) is 115 Å². The summed E-state index contributed by atoms with van der Waals surface area (Å²) < 4.78 is 10.6. The summed E-state index contributed by atoms with van der Waals surface area (Å²) in [6, 6.07) is 16.0. The number of hydrogen-bond acceptors (Lipinski definition) is 7. The number of rotatable bonds is 6. The highest BCUT2D eigenvalue weighted by molar-refractivity contribution is 7.12. The predicted molar refractivity (Wildman–Crippen MR) is 125 cm³/mol. The average molecular weight is 462 g/mol. The van der Waals surface area contributed by atoms with Crippen LogP contribution in [-0.2, 0) is 16.1 Å². The lowest BCUT2D eigenvalue weighted by Crippen LogP contribution is -2.11. The lowest BCUT2D eigenvalue weighted by Gasteiger charge is -2.09. The van der Waals surface area contributed by atoms with E-state index in [2.05, 4.69) is 10.6 Å². The lowest BCUT2D eigenvalue weighted by molar-refractivity contribution is -0.114. The van der Waals surface area contributed by atoms with Gasteiger partial charge >= 0.3 is 11.6 Å². The van der Waals surface area contributed by atoms with E-state index in [1.807, 2.05) is 5.38 Å². The van der Waals surface area contributed by atoms with Crippen LogP contribution in [0, 0.1) is 0 Å². The van der Waals surface area contributed by atoms with Gasteiger partial charge in [0.1, 0.15) is 12.2 Å². The van der Waals surface area contributed by atoms with Crippen LogP contribution in [0.5, 0.6) is 0 Å². The zero-order valence-electron chi connectivity index (χ0n) is 17.4. The molecule has 0 aliphatic rings. The molecule has 0 aliphatic carbocycles. The number of benzene rings is 2. The largest absolute Gasteiger partial charge is 0.457 e. The first-order chi connectivity index (χ1) is 15.9. The minimum absolute atomic E-state index is 0.142. The number of thiophene rings is 1. The fourth-order valence-corrected chi connectivity index (χ4v) is 3.77. The van der Waals surface area contributed by atoms with Gasteiger partial charge in [0, 0.05) is 41.4 Å².